The van der Waals surface area contributed by atoms with Crippen molar-refractivity contribution in [1.29, 1.82) is 0 Å². The van der Waals surface area contributed by atoms with Crippen molar-refractivity contribution >= 4 is 23.6 Å². The van der Waals surface area contributed by atoms with Crippen molar-refractivity contribution in [2.24, 2.45) is 0 Å². The average Bonchev–Trinajstić information content (AvgIpc) is 2.46. The van der Waals surface area contributed by atoms with Gasteiger partial charge < -0.3 is 15.1 Å². The molecule has 2 amide bonds. The van der Waals surface area contributed by atoms with Crippen LogP contribution >= 0.6 is 11.8 Å². The second-order valence-corrected chi connectivity index (χ2v) is 6.44. The van der Waals surface area contributed by atoms with Crippen LogP contribution in [-0.2, 0) is 9.59 Å². The van der Waals surface area contributed by atoms with Crippen LogP contribution in [0.5, 0.6) is 0 Å². The number of amides is 2. The minimum atomic E-state index is 0.108. The molecule has 5 nitrogen and oxygen atoms in total. The molecule has 0 aromatic heterocycles. The Bertz CT molecular complexity index is 324. The summed E-state index contributed by atoms with van der Waals surface area (Å²) in [5.74, 6) is 0.924. The molecule has 0 aromatic rings. The Balaban J connectivity index is 1.67. The molecule has 6 heteroatoms. The zero-order valence-electron chi connectivity index (χ0n) is 11.6. The van der Waals surface area contributed by atoms with Crippen LogP contribution in [0.1, 0.15) is 19.8 Å². The summed E-state index contributed by atoms with van der Waals surface area (Å²) >= 11 is 1.79. The average molecular weight is 285 g/mol. The smallest absolute Gasteiger partial charge is 0.232 e. The van der Waals surface area contributed by atoms with Gasteiger partial charge in [0, 0.05) is 38.4 Å². The lowest BCUT2D eigenvalue weighted by Gasteiger charge is -2.34. The molecule has 0 bridgehead atoms. The first-order valence-electron chi connectivity index (χ1n) is 7.02. The van der Waals surface area contributed by atoms with Gasteiger partial charge in [0.05, 0.1) is 5.75 Å². The molecule has 2 rings (SSSR count). The van der Waals surface area contributed by atoms with Crippen molar-refractivity contribution in [1.82, 2.24) is 15.1 Å². The third-order valence-corrected chi connectivity index (χ3v) is 5.16. The Morgan fingerprint density at radius 1 is 1.11 bits per heavy atom. The molecule has 0 aliphatic carbocycles. The maximum atomic E-state index is 12.1. The van der Waals surface area contributed by atoms with Crippen molar-refractivity contribution in [2.75, 3.05) is 45.0 Å². The summed E-state index contributed by atoms with van der Waals surface area (Å²) in [6.45, 7) is 6.46. The Morgan fingerprint density at radius 3 is 2.26 bits per heavy atom. The molecule has 2 fully saturated rings. The highest BCUT2D eigenvalue weighted by atomic mass is 32.2. The van der Waals surface area contributed by atoms with E-state index in [0.717, 1.165) is 25.9 Å². The minimum absolute atomic E-state index is 0.108. The molecule has 2 saturated heterocycles. The molecular weight excluding hydrogens is 262 g/mol. The first-order valence-corrected chi connectivity index (χ1v) is 8.07. The van der Waals surface area contributed by atoms with Crippen molar-refractivity contribution in [3.8, 4) is 0 Å². The van der Waals surface area contributed by atoms with Gasteiger partial charge in [-0.2, -0.15) is 0 Å². The highest BCUT2D eigenvalue weighted by Crippen LogP contribution is 2.20. The van der Waals surface area contributed by atoms with Gasteiger partial charge in [-0.05, 0) is 25.9 Å². The van der Waals surface area contributed by atoms with Crippen LogP contribution in [-0.4, -0.2) is 71.9 Å². The standard InChI is InChI=1S/C13H23N3O2S/c1-11(17)15-6-8-16(9-7-15)13(18)10-19-12-2-4-14-5-3-12/h12,14H,2-10H2,1H3. The number of nitrogens with one attached hydrogen (secondary N) is 1. The molecule has 2 aliphatic heterocycles. The number of piperidine rings is 1. The van der Waals surface area contributed by atoms with Gasteiger partial charge in [0.15, 0.2) is 0 Å². The van der Waals surface area contributed by atoms with Crippen LogP contribution in [0.25, 0.3) is 0 Å². The zero-order chi connectivity index (χ0) is 13.7. The van der Waals surface area contributed by atoms with Crippen LogP contribution in [0, 0.1) is 0 Å². The molecule has 0 saturated carbocycles. The van der Waals surface area contributed by atoms with Gasteiger partial charge in [0.2, 0.25) is 11.8 Å². The monoisotopic (exact) mass is 285 g/mol. The third kappa shape index (κ3) is 4.38. The predicted octanol–water partition coefficient (Wildman–Crippen LogP) is 0.162. The van der Waals surface area contributed by atoms with Crippen molar-refractivity contribution in [3.05, 3.63) is 0 Å². The van der Waals surface area contributed by atoms with Crippen LogP contribution in [0.3, 0.4) is 0 Å². The summed E-state index contributed by atoms with van der Waals surface area (Å²) in [5, 5.41) is 3.96. The van der Waals surface area contributed by atoms with Crippen molar-refractivity contribution < 1.29 is 9.59 Å². The number of nitrogens with zero attached hydrogens (tertiary/aromatic N) is 2. The van der Waals surface area contributed by atoms with E-state index in [1.807, 2.05) is 9.80 Å². The van der Waals surface area contributed by atoms with E-state index >= 15 is 0 Å². The van der Waals surface area contributed by atoms with E-state index in [-0.39, 0.29) is 11.8 Å². The summed E-state index contributed by atoms with van der Waals surface area (Å²) in [5.41, 5.74) is 0. The van der Waals surface area contributed by atoms with Crippen LogP contribution in [0.2, 0.25) is 0 Å². The Hall–Kier alpha value is -0.750. The maximum absolute atomic E-state index is 12.1. The molecular formula is C13H23N3O2S. The lowest BCUT2D eigenvalue weighted by molar-refractivity contribution is -0.136. The van der Waals surface area contributed by atoms with Crippen LogP contribution < -0.4 is 5.32 Å². The predicted molar refractivity (Wildman–Crippen MR) is 77.2 cm³/mol. The van der Waals surface area contributed by atoms with E-state index in [1.165, 1.54) is 0 Å². The second-order valence-electron chi connectivity index (χ2n) is 5.15. The highest BCUT2D eigenvalue weighted by Gasteiger charge is 2.23. The normalized spacial score (nSPS) is 21.5. The lowest BCUT2D eigenvalue weighted by atomic mass is 10.2. The molecule has 108 valence electrons. The molecule has 0 spiro atoms. The Labute approximate surface area is 119 Å². The Kier molecular flexibility index (Phi) is 5.51. The van der Waals surface area contributed by atoms with E-state index in [9.17, 15) is 9.59 Å². The molecule has 1 N–H and O–H groups in total. The second kappa shape index (κ2) is 7.14. The van der Waals surface area contributed by atoms with Gasteiger partial charge >= 0.3 is 0 Å². The van der Waals surface area contributed by atoms with E-state index < -0.39 is 0 Å². The van der Waals surface area contributed by atoms with Gasteiger partial charge in [0.1, 0.15) is 0 Å². The number of carbonyl (C=O) groups is 2. The van der Waals surface area contributed by atoms with Gasteiger partial charge in [-0.1, -0.05) is 0 Å². The fourth-order valence-electron chi connectivity index (χ4n) is 2.51. The van der Waals surface area contributed by atoms with Crippen molar-refractivity contribution in [2.45, 2.75) is 25.0 Å². The summed E-state index contributed by atoms with van der Waals surface area (Å²) in [4.78, 5) is 27.0. The molecule has 0 aromatic carbocycles. The largest absolute Gasteiger partial charge is 0.339 e. The first kappa shape index (κ1) is 14.7. The third-order valence-electron chi connectivity index (χ3n) is 3.81. The molecule has 2 heterocycles. The maximum Gasteiger partial charge on any atom is 0.232 e. The number of hydrogen-bond donors (Lipinski definition) is 1. The van der Waals surface area contributed by atoms with Crippen LogP contribution in [0.15, 0.2) is 0 Å². The fourth-order valence-corrected chi connectivity index (χ4v) is 3.64. The van der Waals surface area contributed by atoms with E-state index in [4.69, 9.17) is 0 Å². The summed E-state index contributed by atoms with van der Waals surface area (Å²) in [7, 11) is 0. The SMILES string of the molecule is CC(=O)N1CCN(C(=O)CSC2CCNCC2)CC1. The summed E-state index contributed by atoms with van der Waals surface area (Å²) in [6, 6.07) is 0. The van der Waals surface area contributed by atoms with Gasteiger partial charge in [-0.25, -0.2) is 0 Å². The topological polar surface area (TPSA) is 52.7 Å². The number of thioether (sulfide) groups is 1. The quantitative estimate of drug-likeness (QED) is 0.803. The van der Waals surface area contributed by atoms with Gasteiger partial charge in [-0.3, -0.25) is 9.59 Å². The number of carbonyl (C=O) groups excluding carboxylic acids is 2. The highest BCUT2D eigenvalue weighted by molar-refractivity contribution is 8.00. The first-order chi connectivity index (χ1) is 9.16. The molecule has 0 radical (unpaired) electrons. The van der Waals surface area contributed by atoms with Crippen molar-refractivity contribution in [3.63, 3.8) is 0 Å². The number of rotatable bonds is 3. The summed E-state index contributed by atoms with van der Waals surface area (Å²) < 4.78 is 0. The molecule has 0 atom stereocenters. The van der Waals surface area contributed by atoms with Gasteiger partial charge in [-0.15, -0.1) is 11.8 Å². The lowest BCUT2D eigenvalue weighted by Crippen LogP contribution is -2.50. The van der Waals surface area contributed by atoms with E-state index in [1.54, 1.807) is 18.7 Å². The minimum Gasteiger partial charge on any atom is -0.339 e. The zero-order valence-corrected chi connectivity index (χ0v) is 12.4. The number of piperazine rings is 1. The fraction of sp³-hybridized carbons (Fsp3) is 0.846. The summed E-state index contributed by atoms with van der Waals surface area (Å²) in [6.07, 6.45) is 2.33. The van der Waals surface area contributed by atoms with E-state index in [2.05, 4.69) is 5.32 Å². The van der Waals surface area contributed by atoms with E-state index in [0.29, 0.717) is 37.2 Å². The van der Waals surface area contributed by atoms with Gasteiger partial charge in [0.25, 0.3) is 0 Å². The van der Waals surface area contributed by atoms with Crippen LogP contribution in [0.4, 0.5) is 0 Å². The Morgan fingerprint density at radius 2 is 1.68 bits per heavy atom. The molecule has 19 heavy (non-hydrogen) atoms. The molecule has 0 unspecified atom stereocenters. The number of hydrogen-bond acceptors (Lipinski definition) is 4. The molecule has 2 aliphatic rings.